The van der Waals surface area contributed by atoms with Gasteiger partial charge >= 0.3 is 12.2 Å². The van der Waals surface area contributed by atoms with Crippen molar-refractivity contribution >= 4 is 29.5 Å². The standard InChI is InChI=1S/C15H16FN3O5/c1-18-12(20)4-8-3-9(5-11(16)13(8)18)19-7-10(24-15(19)22)6-17-14(21)23-2/h3,5,10H,4,6-7H2,1-2H3,(H,17,21). The Morgan fingerprint density at radius 1 is 1.46 bits per heavy atom. The van der Waals surface area contributed by atoms with Crippen LogP contribution in [-0.2, 0) is 20.7 Å². The molecular weight excluding hydrogens is 321 g/mol. The molecule has 0 spiro atoms. The van der Waals surface area contributed by atoms with Crippen molar-refractivity contribution in [2.24, 2.45) is 0 Å². The molecule has 1 atom stereocenters. The smallest absolute Gasteiger partial charge is 0.414 e. The number of cyclic esters (lactones) is 1. The van der Waals surface area contributed by atoms with Crippen LogP contribution in [0, 0.1) is 5.82 Å². The van der Waals surface area contributed by atoms with Crippen molar-refractivity contribution in [2.45, 2.75) is 12.5 Å². The van der Waals surface area contributed by atoms with E-state index in [0.717, 1.165) is 0 Å². The number of alkyl carbamates (subject to hydrolysis) is 1. The Bertz CT molecular complexity index is 723. The molecule has 0 bridgehead atoms. The largest absolute Gasteiger partial charge is 0.453 e. The number of hydrogen-bond acceptors (Lipinski definition) is 5. The summed E-state index contributed by atoms with van der Waals surface area (Å²) < 4.78 is 23.9. The topological polar surface area (TPSA) is 88.2 Å². The van der Waals surface area contributed by atoms with E-state index in [1.807, 2.05) is 0 Å². The van der Waals surface area contributed by atoms with Crippen LogP contribution in [-0.4, -0.2) is 51.4 Å². The van der Waals surface area contributed by atoms with Gasteiger partial charge in [-0.2, -0.15) is 0 Å². The van der Waals surface area contributed by atoms with Gasteiger partial charge in [0.2, 0.25) is 5.91 Å². The molecule has 0 aromatic heterocycles. The summed E-state index contributed by atoms with van der Waals surface area (Å²) in [4.78, 5) is 37.3. The lowest BCUT2D eigenvalue weighted by molar-refractivity contribution is -0.117. The molecule has 0 aliphatic carbocycles. The molecule has 128 valence electrons. The molecule has 24 heavy (non-hydrogen) atoms. The normalized spacial score (nSPS) is 19.4. The second kappa shape index (κ2) is 5.99. The number of amides is 3. The average molecular weight is 337 g/mol. The Morgan fingerprint density at radius 2 is 2.21 bits per heavy atom. The SMILES string of the molecule is COC(=O)NCC1CN(c2cc(F)c3c(c2)CC(=O)N3C)C(=O)O1. The second-order valence-corrected chi connectivity index (χ2v) is 5.55. The van der Waals surface area contributed by atoms with E-state index < -0.39 is 24.1 Å². The Morgan fingerprint density at radius 3 is 2.92 bits per heavy atom. The quantitative estimate of drug-likeness (QED) is 0.890. The highest BCUT2D eigenvalue weighted by Crippen LogP contribution is 2.35. The molecule has 2 heterocycles. The maximum atomic E-state index is 14.3. The fraction of sp³-hybridized carbons (Fsp3) is 0.400. The van der Waals surface area contributed by atoms with Crippen molar-refractivity contribution in [1.82, 2.24) is 5.32 Å². The van der Waals surface area contributed by atoms with Crippen molar-refractivity contribution in [3.63, 3.8) is 0 Å². The van der Waals surface area contributed by atoms with Crippen molar-refractivity contribution in [2.75, 3.05) is 37.0 Å². The van der Waals surface area contributed by atoms with Crippen LogP contribution in [0.15, 0.2) is 12.1 Å². The van der Waals surface area contributed by atoms with Crippen LogP contribution >= 0.6 is 0 Å². The molecule has 8 nitrogen and oxygen atoms in total. The summed E-state index contributed by atoms with van der Waals surface area (Å²) in [6.07, 6.45) is -1.75. The average Bonchev–Trinajstić information content (AvgIpc) is 3.05. The first-order valence-electron chi connectivity index (χ1n) is 7.29. The van der Waals surface area contributed by atoms with Crippen molar-refractivity contribution in [3.8, 4) is 0 Å². The van der Waals surface area contributed by atoms with E-state index in [0.29, 0.717) is 11.3 Å². The van der Waals surface area contributed by atoms with E-state index in [9.17, 15) is 18.8 Å². The molecule has 1 aromatic carbocycles. The van der Waals surface area contributed by atoms with Crippen LogP contribution in [0.3, 0.4) is 0 Å². The first-order chi connectivity index (χ1) is 11.4. The highest BCUT2D eigenvalue weighted by Gasteiger charge is 2.35. The first-order valence-corrected chi connectivity index (χ1v) is 7.29. The minimum Gasteiger partial charge on any atom is -0.453 e. The summed E-state index contributed by atoms with van der Waals surface area (Å²) in [6, 6.07) is 2.81. The molecule has 9 heteroatoms. The number of benzene rings is 1. The van der Waals surface area contributed by atoms with Gasteiger partial charge in [-0.3, -0.25) is 9.69 Å². The van der Waals surface area contributed by atoms with E-state index in [-0.39, 0.29) is 31.1 Å². The van der Waals surface area contributed by atoms with Gasteiger partial charge in [0.05, 0.1) is 38.0 Å². The molecular formula is C15H16FN3O5. The number of anilines is 2. The second-order valence-electron chi connectivity index (χ2n) is 5.55. The third-order valence-electron chi connectivity index (χ3n) is 4.02. The lowest BCUT2D eigenvalue weighted by Crippen LogP contribution is -2.34. The minimum absolute atomic E-state index is 0.0869. The maximum absolute atomic E-state index is 14.3. The summed E-state index contributed by atoms with van der Waals surface area (Å²) in [5.41, 5.74) is 1.08. The summed E-state index contributed by atoms with van der Waals surface area (Å²) in [6.45, 7) is 0.244. The summed E-state index contributed by atoms with van der Waals surface area (Å²) in [5.74, 6) is -0.773. The summed E-state index contributed by atoms with van der Waals surface area (Å²) in [5, 5.41) is 2.44. The number of halogens is 1. The van der Waals surface area contributed by atoms with Gasteiger partial charge < -0.3 is 19.7 Å². The van der Waals surface area contributed by atoms with Crippen LogP contribution in [0.4, 0.5) is 25.4 Å². The molecule has 1 fully saturated rings. The van der Waals surface area contributed by atoms with Crippen LogP contribution < -0.4 is 15.1 Å². The molecule has 2 aliphatic rings. The van der Waals surface area contributed by atoms with E-state index in [1.54, 1.807) is 6.07 Å². The van der Waals surface area contributed by atoms with Gasteiger partial charge in [-0.15, -0.1) is 0 Å². The molecule has 1 unspecified atom stereocenters. The number of rotatable bonds is 3. The fourth-order valence-corrected chi connectivity index (χ4v) is 2.82. The molecule has 1 aromatic rings. The predicted octanol–water partition coefficient (Wildman–Crippen LogP) is 1.03. The maximum Gasteiger partial charge on any atom is 0.414 e. The van der Waals surface area contributed by atoms with Gasteiger partial charge in [0.15, 0.2) is 0 Å². The molecule has 2 aliphatic heterocycles. The van der Waals surface area contributed by atoms with Crippen LogP contribution in [0.5, 0.6) is 0 Å². The monoisotopic (exact) mass is 337 g/mol. The third-order valence-corrected chi connectivity index (χ3v) is 4.02. The molecule has 3 rings (SSSR count). The lowest BCUT2D eigenvalue weighted by atomic mass is 10.1. The summed E-state index contributed by atoms with van der Waals surface area (Å²) >= 11 is 0. The Balaban J connectivity index is 1.77. The number of nitrogens with one attached hydrogen (secondary N) is 1. The van der Waals surface area contributed by atoms with E-state index >= 15 is 0 Å². The number of fused-ring (bicyclic) bond motifs is 1. The number of methoxy groups -OCH3 is 1. The van der Waals surface area contributed by atoms with Gasteiger partial charge in [0.1, 0.15) is 11.9 Å². The van der Waals surface area contributed by atoms with Gasteiger partial charge in [-0.25, -0.2) is 14.0 Å². The number of carbonyl (C=O) groups excluding carboxylic acids is 3. The Kier molecular flexibility index (Phi) is 4.00. The number of likely N-dealkylation sites (N-methyl/N-ethyl adjacent to an activating group) is 1. The molecule has 1 N–H and O–H groups in total. The van der Waals surface area contributed by atoms with E-state index in [1.165, 1.54) is 30.0 Å². The van der Waals surface area contributed by atoms with Crippen molar-refractivity contribution in [3.05, 3.63) is 23.5 Å². The highest BCUT2D eigenvalue weighted by molar-refractivity contribution is 6.02. The zero-order valence-electron chi connectivity index (χ0n) is 13.2. The van der Waals surface area contributed by atoms with Gasteiger partial charge in [-0.1, -0.05) is 0 Å². The van der Waals surface area contributed by atoms with Gasteiger partial charge in [0, 0.05) is 7.05 Å². The molecule has 3 amide bonds. The predicted molar refractivity (Wildman–Crippen MR) is 81.5 cm³/mol. The minimum atomic E-state index is -0.635. The van der Waals surface area contributed by atoms with Crippen molar-refractivity contribution < 1.29 is 28.2 Å². The zero-order chi connectivity index (χ0) is 17.4. The van der Waals surface area contributed by atoms with Crippen molar-refractivity contribution in [1.29, 1.82) is 0 Å². The molecule has 0 saturated carbocycles. The Labute approximate surface area is 137 Å². The van der Waals surface area contributed by atoms with Crippen LogP contribution in [0.25, 0.3) is 0 Å². The molecule has 0 radical (unpaired) electrons. The van der Waals surface area contributed by atoms with E-state index in [4.69, 9.17) is 4.74 Å². The first kappa shape index (κ1) is 16.0. The third kappa shape index (κ3) is 2.72. The van der Waals surface area contributed by atoms with Gasteiger partial charge in [0.25, 0.3) is 0 Å². The number of carbonyl (C=O) groups is 3. The van der Waals surface area contributed by atoms with Gasteiger partial charge in [-0.05, 0) is 17.7 Å². The van der Waals surface area contributed by atoms with Crippen LogP contribution in [0.2, 0.25) is 0 Å². The lowest BCUT2D eigenvalue weighted by Gasteiger charge is -2.16. The number of hydrogen-bond donors (Lipinski definition) is 1. The molecule has 1 saturated heterocycles. The zero-order valence-corrected chi connectivity index (χ0v) is 13.2. The number of nitrogens with zero attached hydrogens (tertiary/aromatic N) is 2. The highest BCUT2D eigenvalue weighted by atomic mass is 19.1. The fourth-order valence-electron chi connectivity index (χ4n) is 2.82. The summed E-state index contributed by atoms with van der Waals surface area (Å²) in [7, 11) is 2.74. The van der Waals surface area contributed by atoms with E-state index in [2.05, 4.69) is 10.1 Å². The van der Waals surface area contributed by atoms with Crippen LogP contribution in [0.1, 0.15) is 5.56 Å². The Hall–Kier alpha value is -2.84. The number of ether oxygens (including phenoxy) is 2.